The minimum Gasteiger partial charge on any atom is -0.229 e. The van der Waals surface area contributed by atoms with Crippen LogP contribution in [-0.2, 0) is 9.84 Å². The Labute approximate surface area is 61.0 Å². The average Bonchev–Trinajstić information content (AvgIpc) is 1.78. The molecule has 1 aliphatic heterocycles. The number of hydrogen-bond acceptors (Lipinski definition) is 3. The molecule has 2 nitrogen and oxygen atoms in total. The summed E-state index contributed by atoms with van der Waals surface area (Å²) in [5.74, 6) is 0.669. The monoisotopic (exact) mass is 166 g/mol. The molecule has 0 saturated carbocycles. The van der Waals surface area contributed by atoms with E-state index in [2.05, 4.69) is 12.6 Å². The Bertz CT molecular complexity index is 169. The van der Waals surface area contributed by atoms with Crippen LogP contribution in [0, 0.1) is 0 Å². The Hall–Kier alpha value is 0.300. The summed E-state index contributed by atoms with van der Waals surface area (Å²) in [6, 6.07) is 0. The van der Waals surface area contributed by atoms with Crippen LogP contribution < -0.4 is 0 Å². The van der Waals surface area contributed by atoms with Crippen LogP contribution in [0.25, 0.3) is 0 Å². The molecule has 1 saturated heterocycles. The van der Waals surface area contributed by atoms with Crippen LogP contribution in [0.5, 0.6) is 0 Å². The molecule has 1 heterocycles. The van der Waals surface area contributed by atoms with Crippen LogP contribution in [0.15, 0.2) is 0 Å². The van der Waals surface area contributed by atoms with Crippen molar-refractivity contribution in [2.75, 3.05) is 11.5 Å². The van der Waals surface area contributed by atoms with Gasteiger partial charge >= 0.3 is 0 Å². The van der Waals surface area contributed by atoms with Crippen LogP contribution in [0.2, 0.25) is 0 Å². The summed E-state index contributed by atoms with van der Waals surface area (Å²) in [4.78, 5) is 0. The summed E-state index contributed by atoms with van der Waals surface area (Å²) in [6.45, 7) is 0. The lowest BCUT2D eigenvalue weighted by molar-refractivity contribution is 0.578. The first kappa shape index (κ1) is 7.41. The van der Waals surface area contributed by atoms with Crippen molar-refractivity contribution >= 4 is 22.5 Å². The molecule has 0 bridgehead atoms. The molecule has 0 unspecified atom stereocenters. The van der Waals surface area contributed by atoms with Gasteiger partial charge in [0.25, 0.3) is 0 Å². The van der Waals surface area contributed by atoms with Crippen molar-refractivity contribution in [3.8, 4) is 0 Å². The molecule has 0 amide bonds. The molecule has 4 heteroatoms. The fraction of sp³-hybridized carbons (Fsp3) is 1.00. The second-order valence-corrected chi connectivity index (χ2v) is 5.42. The average molecular weight is 166 g/mol. The predicted octanol–water partition coefficient (Wildman–Crippen LogP) is 0.493. The Balaban J connectivity index is 2.55. The molecular weight excluding hydrogens is 156 g/mol. The zero-order chi connectivity index (χ0) is 6.91. The molecule has 1 rings (SSSR count). The van der Waals surface area contributed by atoms with Crippen molar-refractivity contribution in [1.82, 2.24) is 0 Å². The predicted molar refractivity (Wildman–Crippen MR) is 40.7 cm³/mol. The lowest BCUT2D eigenvalue weighted by Crippen LogP contribution is -2.23. The summed E-state index contributed by atoms with van der Waals surface area (Å²) < 4.78 is 21.5. The highest BCUT2D eigenvalue weighted by molar-refractivity contribution is 7.91. The van der Waals surface area contributed by atoms with Gasteiger partial charge in [-0.1, -0.05) is 0 Å². The number of sulfone groups is 1. The first-order valence-electron chi connectivity index (χ1n) is 2.99. The Kier molecular flexibility index (Phi) is 2.06. The molecule has 0 radical (unpaired) electrons. The lowest BCUT2D eigenvalue weighted by Gasteiger charge is -2.15. The maximum atomic E-state index is 10.8. The van der Waals surface area contributed by atoms with Crippen LogP contribution >= 0.6 is 12.6 Å². The van der Waals surface area contributed by atoms with E-state index < -0.39 is 9.84 Å². The minimum atomic E-state index is -2.66. The van der Waals surface area contributed by atoms with E-state index in [1.807, 2.05) is 0 Å². The van der Waals surface area contributed by atoms with Crippen LogP contribution in [0.1, 0.15) is 12.8 Å². The molecule has 1 fully saturated rings. The van der Waals surface area contributed by atoms with Crippen molar-refractivity contribution in [2.24, 2.45) is 0 Å². The van der Waals surface area contributed by atoms with Gasteiger partial charge < -0.3 is 0 Å². The van der Waals surface area contributed by atoms with Gasteiger partial charge in [0.2, 0.25) is 0 Å². The van der Waals surface area contributed by atoms with E-state index in [-0.39, 0.29) is 0 Å². The quantitative estimate of drug-likeness (QED) is 0.532. The van der Waals surface area contributed by atoms with Gasteiger partial charge in [-0.2, -0.15) is 12.6 Å². The zero-order valence-corrected chi connectivity index (χ0v) is 6.79. The van der Waals surface area contributed by atoms with Gasteiger partial charge in [0.1, 0.15) is 9.84 Å². The topological polar surface area (TPSA) is 34.1 Å². The van der Waals surface area contributed by atoms with Gasteiger partial charge in [-0.15, -0.1) is 0 Å². The zero-order valence-electron chi connectivity index (χ0n) is 5.08. The van der Waals surface area contributed by atoms with E-state index in [0.717, 1.165) is 12.8 Å². The molecule has 0 aromatic heterocycles. The third-order valence-electron chi connectivity index (χ3n) is 1.52. The van der Waals surface area contributed by atoms with E-state index in [1.54, 1.807) is 0 Å². The third kappa shape index (κ3) is 2.18. The SMILES string of the molecule is O=S1(=O)CCC(S)CC1. The fourth-order valence-corrected chi connectivity index (χ4v) is 2.98. The molecule has 0 aromatic carbocycles. The van der Waals surface area contributed by atoms with Gasteiger partial charge in [0.15, 0.2) is 0 Å². The lowest BCUT2D eigenvalue weighted by atomic mass is 10.2. The summed E-state index contributed by atoms with van der Waals surface area (Å²) in [5, 5.41) is 0.313. The summed E-state index contributed by atoms with van der Waals surface area (Å²) in [5.41, 5.74) is 0. The summed E-state index contributed by atoms with van der Waals surface area (Å²) in [7, 11) is -2.66. The highest BCUT2D eigenvalue weighted by Gasteiger charge is 2.20. The van der Waals surface area contributed by atoms with E-state index in [9.17, 15) is 8.42 Å². The highest BCUT2D eigenvalue weighted by atomic mass is 32.2. The molecule has 0 aromatic rings. The Morgan fingerprint density at radius 2 is 1.67 bits per heavy atom. The van der Waals surface area contributed by atoms with Crippen molar-refractivity contribution in [1.29, 1.82) is 0 Å². The normalized spacial score (nSPS) is 28.1. The van der Waals surface area contributed by atoms with E-state index in [4.69, 9.17) is 0 Å². The Morgan fingerprint density at radius 1 is 1.22 bits per heavy atom. The van der Waals surface area contributed by atoms with Gasteiger partial charge in [-0.05, 0) is 12.8 Å². The smallest absolute Gasteiger partial charge is 0.150 e. The van der Waals surface area contributed by atoms with Crippen molar-refractivity contribution in [2.45, 2.75) is 18.1 Å². The van der Waals surface area contributed by atoms with Crippen LogP contribution in [0.4, 0.5) is 0 Å². The van der Waals surface area contributed by atoms with Gasteiger partial charge in [-0.3, -0.25) is 0 Å². The first-order valence-corrected chi connectivity index (χ1v) is 5.32. The number of hydrogen-bond donors (Lipinski definition) is 1. The maximum Gasteiger partial charge on any atom is 0.150 e. The largest absolute Gasteiger partial charge is 0.229 e. The minimum absolute atomic E-state index is 0.313. The maximum absolute atomic E-state index is 10.8. The van der Waals surface area contributed by atoms with Gasteiger partial charge in [0, 0.05) is 5.25 Å². The van der Waals surface area contributed by atoms with E-state index >= 15 is 0 Å². The van der Waals surface area contributed by atoms with Crippen molar-refractivity contribution < 1.29 is 8.42 Å². The molecular formula is C5H10O2S2. The Morgan fingerprint density at radius 3 is 2.00 bits per heavy atom. The van der Waals surface area contributed by atoms with Crippen LogP contribution in [-0.4, -0.2) is 25.2 Å². The standard InChI is InChI=1S/C5H10O2S2/c6-9(7)3-1-5(8)2-4-9/h5,8H,1-4H2. The van der Waals surface area contributed by atoms with Gasteiger partial charge in [-0.25, -0.2) is 8.42 Å². The second-order valence-electron chi connectivity index (χ2n) is 2.38. The number of rotatable bonds is 0. The van der Waals surface area contributed by atoms with Crippen molar-refractivity contribution in [3.05, 3.63) is 0 Å². The van der Waals surface area contributed by atoms with Crippen LogP contribution in [0.3, 0.4) is 0 Å². The molecule has 0 N–H and O–H groups in total. The molecule has 0 aliphatic carbocycles. The summed E-state index contributed by atoms with van der Waals surface area (Å²) in [6.07, 6.45) is 1.46. The van der Waals surface area contributed by atoms with E-state index in [0.29, 0.717) is 16.8 Å². The van der Waals surface area contributed by atoms with Gasteiger partial charge in [0.05, 0.1) is 11.5 Å². The van der Waals surface area contributed by atoms with E-state index in [1.165, 1.54) is 0 Å². The second kappa shape index (κ2) is 2.50. The van der Waals surface area contributed by atoms with Crippen molar-refractivity contribution in [3.63, 3.8) is 0 Å². The first-order chi connectivity index (χ1) is 4.10. The molecule has 0 spiro atoms. The highest BCUT2D eigenvalue weighted by Crippen LogP contribution is 2.16. The molecule has 0 atom stereocenters. The molecule has 9 heavy (non-hydrogen) atoms. The fourth-order valence-electron chi connectivity index (χ4n) is 0.878. The molecule has 54 valence electrons. The number of thiol groups is 1. The molecule has 1 aliphatic rings. The third-order valence-corrected chi connectivity index (χ3v) is 3.76. The summed E-state index contributed by atoms with van der Waals surface area (Å²) >= 11 is 4.17.